The zero-order valence-electron chi connectivity index (χ0n) is 14.4. The molecule has 0 spiro atoms. The van der Waals surface area contributed by atoms with Gasteiger partial charge in [0, 0.05) is 17.3 Å². The number of nitrogens with one attached hydrogen (secondary N) is 1. The van der Waals surface area contributed by atoms with Gasteiger partial charge in [0.05, 0.1) is 10.7 Å². The highest BCUT2D eigenvalue weighted by atomic mass is 32.1. The minimum Gasteiger partial charge on any atom is -0.314 e. The lowest BCUT2D eigenvalue weighted by Gasteiger charge is -2.36. The van der Waals surface area contributed by atoms with Crippen LogP contribution in [-0.4, -0.2) is 17.6 Å². The summed E-state index contributed by atoms with van der Waals surface area (Å²) in [6.07, 6.45) is 6.76. The number of rotatable bonds is 6. The Kier molecular flexibility index (Phi) is 6.24. The van der Waals surface area contributed by atoms with Crippen LogP contribution in [0.3, 0.4) is 0 Å². The minimum absolute atomic E-state index is 0.596. The van der Waals surface area contributed by atoms with Crippen LogP contribution in [0.5, 0.6) is 0 Å². The summed E-state index contributed by atoms with van der Waals surface area (Å²) in [5.41, 5.74) is 1.23. The second kappa shape index (κ2) is 7.73. The van der Waals surface area contributed by atoms with Gasteiger partial charge in [-0.25, -0.2) is 4.98 Å². The Labute approximate surface area is 134 Å². The fraction of sp³-hybridized carbons (Fsp3) is 0.833. The van der Waals surface area contributed by atoms with E-state index in [-0.39, 0.29) is 0 Å². The highest BCUT2D eigenvalue weighted by Crippen LogP contribution is 2.38. The van der Waals surface area contributed by atoms with Gasteiger partial charge < -0.3 is 5.32 Å². The number of thiazole rings is 1. The molecule has 3 heteroatoms. The van der Waals surface area contributed by atoms with Gasteiger partial charge in [-0.05, 0) is 51.0 Å². The number of aryl methyl sites for hydroxylation is 2. The average molecular weight is 309 g/mol. The lowest BCUT2D eigenvalue weighted by atomic mass is 9.72. The number of aromatic nitrogens is 1. The zero-order chi connectivity index (χ0) is 15.4. The molecule has 1 aliphatic rings. The van der Waals surface area contributed by atoms with E-state index in [1.165, 1.54) is 54.2 Å². The van der Waals surface area contributed by atoms with E-state index < -0.39 is 0 Å². The summed E-state index contributed by atoms with van der Waals surface area (Å²) in [6.45, 7) is 12.4. The molecule has 1 saturated carbocycles. The van der Waals surface area contributed by atoms with E-state index in [0.717, 1.165) is 17.8 Å². The standard InChI is InChI=1S/C18H32N2S/c1-6-15-7-8-16(11-19-12(2)3)17(9-15)10-18-20-13(4)14(5)21-18/h12,15-17,19H,6-11H2,1-5H3. The predicted molar refractivity (Wildman–Crippen MR) is 93.0 cm³/mol. The first-order valence-electron chi connectivity index (χ1n) is 8.65. The molecule has 1 fully saturated rings. The van der Waals surface area contributed by atoms with Crippen molar-refractivity contribution in [2.45, 2.75) is 72.8 Å². The van der Waals surface area contributed by atoms with Gasteiger partial charge in [0.1, 0.15) is 0 Å². The smallest absolute Gasteiger partial charge is 0.0933 e. The molecule has 2 rings (SSSR count). The summed E-state index contributed by atoms with van der Waals surface area (Å²) in [6, 6.07) is 0.596. The van der Waals surface area contributed by atoms with Crippen molar-refractivity contribution < 1.29 is 0 Å². The number of hydrogen-bond donors (Lipinski definition) is 1. The van der Waals surface area contributed by atoms with Gasteiger partial charge in [-0.2, -0.15) is 0 Å². The maximum Gasteiger partial charge on any atom is 0.0933 e. The van der Waals surface area contributed by atoms with Crippen molar-refractivity contribution in [1.82, 2.24) is 10.3 Å². The molecule has 0 amide bonds. The van der Waals surface area contributed by atoms with Gasteiger partial charge in [-0.15, -0.1) is 11.3 Å². The molecule has 1 heterocycles. The first-order valence-corrected chi connectivity index (χ1v) is 9.47. The van der Waals surface area contributed by atoms with Crippen molar-refractivity contribution in [2.75, 3.05) is 6.54 Å². The van der Waals surface area contributed by atoms with Gasteiger partial charge >= 0.3 is 0 Å². The van der Waals surface area contributed by atoms with Crippen molar-refractivity contribution in [1.29, 1.82) is 0 Å². The van der Waals surface area contributed by atoms with E-state index in [1.54, 1.807) is 0 Å². The molecule has 0 aliphatic heterocycles. The van der Waals surface area contributed by atoms with E-state index in [0.29, 0.717) is 6.04 Å². The molecule has 120 valence electrons. The summed E-state index contributed by atoms with van der Waals surface area (Å²) in [5, 5.41) is 5.03. The van der Waals surface area contributed by atoms with Crippen LogP contribution in [0, 0.1) is 31.6 Å². The second-order valence-electron chi connectivity index (χ2n) is 7.12. The van der Waals surface area contributed by atoms with Crippen LogP contribution >= 0.6 is 11.3 Å². The molecule has 0 bridgehead atoms. The normalized spacial score (nSPS) is 26.5. The minimum atomic E-state index is 0.596. The largest absolute Gasteiger partial charge is 0.314 e. The SMILES string of the molecule is CCC1CCC(CNC(C)C)C(Cc2nc(C)c(C)s2)C1. The summed E-state index contributed by atoms with van der Waals surface area (Å²) in [7, 11) is 0. The summed E-state index contributed by atoms with van der Waals surface area (Å²) in [4.78, 5) is 6.18. The van der Waals surface area contributed by atoms with Crippen molar-refractivity contribution in [3.05, 3.63) is 15.6 Å². The predicted octanol–water partition coefficient (Wildman–Crippen LogP) is 4.74. The van der Waals surface area contributed by atoms with Crippen LogP contribution in [0.1, 0.15) is 62.0 Å². The van der Waals surface area contributed by atoms with Crippen molar-refractivity contribution >= 4 is 11.3 Å². The molecule has 1 aromatic rings. The second-order valence-corrected chi connectivity index (χ2v) is 8.41. The van der Waals surface area contributed by atoms with E-state index in [9.17, 15) is 0 Å². The quantitative estimate of drug-likeness (QED) is 0.821. The molecule has 1 aromatic heterocycles. The average Bonchev–Trinajstić information content (AvgIpc) is 2.75. The summed E-state index contributed by atoms with van der Waals surface area (Å²) in [5.74, 6) is 2.59. The Hall–Kier alpha value is -0.410. The van der Waals surface area contributed by atoms with E-state index in [1.807, 2.05) is 11.3 Å². The highest BCUT2D eigenvalue weighted by Gasteiger charge is 2.30. The Morgan fingerprint density at radius 1 is 1.24 bits per heavy atom. The monoisotopic (exact) mass is 308 g/mol. The van der Waals surface area contributed by atoms with E-state index >= 15 is 0 Å². The van der Waals surface area contributed by atoms with Crippen LogP contribution in [0.25, 0.3) is 0 Å². The molecule has 0 radical (unpaired) electrons. The lowest BCUT2D eigenvalue weighted by Crippen LogP contribution is -2.36. The van der Waals surface area contributed by atoms with E-state index in [4.69, 9.17) is 4.98 Å². The first-order chi connectivity index (χ1) is 9.99. The fourth-order valence-electron chi connectivity index (χ4n) is 3.55. The molecular weight excluding hydrogens is 276 g/mol. The number of nitrogens with zero attached hydrogens (tertiary/aromatic N) is 1. The van der Waals surface area contributed by atoms with Crippen molar-refractivity contribution in [2.24, 2.45) is 17.8 Å². The van der Waals surface area contributed by atoms with Crippen molar-refractivity contribution in [3.8, 4) is 0 Å². The maximum absolute atomic E-state index is 4.78. The van der Waals surface area contributed by atoms with Crippen LogP contribution < -0.4 is 5.32 Å². The van der Waals surface area contributed by atoms with E-state index in [2.05, 4.69) is 39.9 Å². The summed E-state index contributed by atoms with van der Waals surface area (Å²) < 4.78 is 0. The molecule has 2 nitrogen and oxygen atoms in total. The molecule has 1 aliphatic carbocycles. The Balaban J connectivity index is 2.01. The molecule has 1 N–H and O–H groups in total. The van der Waals surface area contributed by atoms with Crippen LogP contribution in [-0.2, 0) is 6.42 Å². The topological polar surface area (TPSA) is 24.9 Å². The molecule has 0 saturated heterocycles. The lowest BCUT2D eigenvalue weighted by molar-refractivity contribution is 0.169. The van der Waals surface area contributed by atoms with Crippen LogP contribution in [0.2, 0.25) is 0 Å². The molecular formula is C18H32N2S. The number of hydrogen-bond acceptors (Lipinski definition) is 3. The fourth-order valence-corrected chi connectivity index (χ4v) is 4.58. The summed E-state index contributed by atoms with van der Waals surface area (Å²) >= 11 is 1.91. The molecule has 3 atom stereocenters. The Morgan fingerprint density at radius 2 is 2.00 bits per heavy atom. The van der Waals surface area contributed by atoms with Gasteiger partial charge in [0.25, 0.3) is 0 Å². The van der Waals surface area contributed by atoms with Gasteiger partial charge in [-0.1, -0.05) is 33.6 Å². The third kappa shape index (κ3) is 4.79. The van der Waals surface area contributed by atoms with Crippen LogP contribution in [0.15, 0.2) is 0 Å². The van der Waals surface area contributed by atoms with Gasteiger partial charge in [0.15, 0.2) is 0 Å². The molecule has 0 aromatic carbocycles. The van der Waals surface area contributed by atoms with Gasteiger partial charge in [0.2, 0.25) is 0 Å². The maximum atomic E-state index is 4.78. The highest BCUT2D eigenvalue weighted by molar-refractivity contribution is 7.11. The van der Waals surface area contributed by atoms with Gasteiger partial charge in [-0.3, -0.25) is 0 Å². The van der Waals surface area contributed by atoms with Crippen molar-refractivity contribution in [3.63, 3.8) is 0 Å². The third-order valence-corrected chi connectivity index (χ3v) is 6.22. The molecule has 21 heavy (non-hydrogen) atoms. The third-order valence-electron chi connectivity index (χ3n) is 5.12. The first kappa shape index (κ1) is 17.0. The molecule has 3 unspecified atom stereocenters. The zero-order valence-corrected chi connectivity index (χ0v) is 15.2. The van der Waals surface area contributed by atoms with Crippen LogP contribution in [0.4, 0.5) is 0 Å². The Morgan fingerprint density at radius 3 is 2.57 bits per heavy atom. The Bertz CT molecular complexity index is 419.